The highest BCUT2D eigenvalue weighted by Crippen LogP contribution is 2.26. The van der Waals surface area contributed by atoms with Crippen LogP contribution in [0.4, 0.5) is 4.39 Å². The second-order valence-corrected chi connectivity index (χ2v) is 4.92. The van der Waals surface area contributed by atoms with E-state index in [9.17, 15) is 9.18 Å². The van der Waals surface area contributed by atoms with E-state index in [0.717, 1.165) is 17.8 Å². The summed E-state index contributed by atoms with van der Waals surface area (Å²) in [5.41, 5.74) is 0.460. The van der Waals surface area contributed by atoms with Crippen LogP contribution in [0.2, 0.25) is 5.02 Å². The molecule has 0 amide bonds. The number of thioether (sulfide) groups is 1. The standard InChI is InChI=1S/C11H8ClFN2O3S/c12-8-3-6(13)1-2-7(8)11-14-9(18-15-11)4-19-5-10(16)17/h1-3H,4-5H2,(H,16,17). The van der Waals surface area contributed by atoms with Gasteiger partial charge in [-0.15, -0.1) is 11.8 Å². The molecule has 0 unspecified atom stereocenters. The highest BCUT2D eigenvalue weighted by Gasteiger charge is 2.12. The average Bonchev–Trinajstić information content (AvgIpc) is 2.77. The topological polar surface area (TPSA) is 76.2 Å². The molecule has 1 N–H and O–H groups in total. The predicted octanol–water partition coefficient (Wildman–Crippen LogP) is 2.85. The molecule has 0 atom stereocenters. The van der Waals surface area contributed by atoms with E-state index in [4.69, 9.17) is 21.2 Å². The fourth-order valence-corrected chi connectivity index (χ4v) is 2.14. The minimum Gasteiger partial charge on any atom is -0.481 e. The van der Waals surface area contributed by atoms with Crippen LogP contribution in [0.15, 0.2) is 22.7 Å². The Labute approximate surface area is 116 Å². The monoisotopic (exact) mass is 302 g/mol. The first-order valence-electron chi connectivity index (χ1n) is 5.14. The maximum Gasteiger partial charge on any atom is 0.313 e. The first-order valence-corrected chi connectivity index (χ1v) is 6.67. The maximum absolute atomic E-state index is 12.9. The van der Waals surface area contributed by atoms with Crippen LogP contribution in [-0.2, 0) is 10.5 Å². The Balaban J connectivity index is 2.10. The fraction of sp³-hybridized carbons (Fsp3) is 0.182. The summed E-state index contributed by atoms with van der Waals surface area (Å²) in [6.07, 6.45) is 0. The Kier molecular flexibility index (Phi) is 4.39. The van der Waals surface area contributed by atoms with E-state index >= 15 is 0 Å². The number of benzene rings is 1. The Hall–Kier alpha value is -1.60. The lowest BCUT2D eigenvalue weighted by Gasteiger charge is -1.97. The molecule has 100 valence electrons. The Morgan fingerprint density at radius 2 is 2.32 bits per heavy atom. The van der Waals surface area contributed by atoms with Gasteiger partial charge < -0.3 is 9.63 Å². The van der Waals surface area contributed by atoms with Crippen molar-refractivity contribution in [3.8, 4) is 11.4 Å². The molecule has 0 spiro atoms. The Morgan fingerprint density at radius 3 is 3.00 bits per heavy atom. The molecule has 1 aromatic heterocycles. The van der Waals surface area contributed by atoms with Crippen LogP contribution in [-0.4, -0.2) is 27.0 Å². The normalized spacial score (nSPS) is 10.6. The highest BCUT2D eigenvalue weighted by molar-refractivity contribution is 7.99. The van der Waals surface area contributed by atoms with E-state index in [1.165, 1.54) is 12.1 Å². The van der Waals surface area contributed by atoms with Crippen molar-refractivity contribution in [3.05, 3.63) is 34.9 Å². The number of carbonyl (C=O) groups is 1. The van der Waals surface area contributed by atoms with Crippen LogP contribution < -0.4 is 0 Å². The average molecular weight is 303 g/mol. The molecule has 2 aromatic rings. The molecular weight excluding hydrogens is 295 g/mol. The quantitative estimate of drug-likeness (QED) is 0.915. The number of rotatable bonds is 5. The number of carboxylic acids is 1. The number of aliphatic carboxylic acids is 1. The van der Waals surface area contributed by atoms with Crippen LogP contribution in [0, 0.1) is 5.82 Å². The van der Waals surface area contributed by atoms with Gasteiger partial charge in [0.25, 0.3) is 0 Å². The van der Waals surface area contributed by atoms with Crippen molar-refractivity contribution < 1.29 is 18.8 Å². The van der Waals surface area contributed by atoms with Crippen molar-refractivity contribution in [3.63, 3.8) is 0 Å². The summed E-state index contributed by atoms with van der Waals surface area (Å²) >= 11 is 7.02. The lowest BCUT2D eigenvalue weighted by Crippen LogP contribution is -1.98. The zero-order valence-electron chi connectivity index (χ0n) is 9.47. The fourth-order valence-electron chi connectivity index (χ4n) is 1.32. The zero-order chi connectivity index (χ0) is 13.8. The van der Waals surface area contributed by atoms with Gasteiger partial charge in [-0.25, -0.2) is 4.39 Å². The Bertz CT molecular complexity index is 605. The third-order valence-electron chi connectivity index (χ3n) is 2.09. The van der Waals surface area contributed by atoms with Gasteiger partial charge in [0.1, 0.15) is 5.82 Å². The van der Waals surface area contributed by atoms with Crippen molar-refractivity contribution in [2.75, 3.05) is 5.75 Å². The minimum absolute atomic E-state index is 0.0466. The van der Waals surface area contributed by atoms with Crippen LogP contribution >= 0.6 is 23.4 Å². The van der Waals surface area contributed by atoms with Gasteiger partial charge in [0.2, 0.25) is 11.7 Å². The molecule has 2 rings (SSSR count). The van der Waals surface area contributed by atoms with Crippen LogP contribution in [0.5, 0.6) is 0 Å². The van der Waals surface area contributed by atoms with E-state index in [2.05, 4.69) is 10.1 Å². The summed E-state index contributed by atoms with van der Waals surface area (Å²) in [6, 6.07) is 3.86. The van der Waals surface area contributed by atoms with Crippen molar-refractivity contribution in [1.82, 2.24) is 10.1 Å². The number of carboxylic acid groups (broad SMARTS) is 1. The highest BCUT2D eigenvalue weighted by atomic mass is 35.5. The molecular formula is C11H8ClFN2O3S. The molecule has 0 aliphatic rings. The first-order chi connectivity index (χ1) is 9.06. The summed E-state index contributed by atoms with van der Waals surface area (Å²) in [6.45, 7) is 0. The molecule has 1 aromatic carbocycles. The van der Waals surface area contributed by atoms with Gasteiger partial charge in [-0.3, -0.25) is 4.79 Å². The first kappa shape index (κ1) is 13.8. The molecule has 0 saturated heterocycles. The van der Waals surface area contributed by atoms with Gasteiger partial charge in [0.05, 0.1) is 16.5 Å². The number of nitrogens with zero attached hydrogens (tertiary/aromatic N) is 2. The Morgan fingerprint density at radius 1 is 1.53 bits per heavy atom. The van der Waals surface area contributed by atoms with E-state index in [1.54, 1.807) is 0 Å². The van der Waals surface area contributed by atoms with Crippen LogP contribution in [0.25, 0.3) is 11.4 Å². The van der Waals surface area contributed by atoms with Gasteiger partial charge in [0, 0.05) is 5.56 Å². The van der Waals surface area contributed by atoms with E-state index in [1.807, 2.05) is 0 Å². The predicted molar refractivity (Wildman–Crippen MR) is 68.5 cm³/mol. The maximum atomic E-state index is 12.9. The van der Waals surface area contributed by atoms with E-state index in [-0.39, 0.29) is 22.4 Å². The second-order valence-electron chi connectivity index (χ2n) is 3.52. The van der Waals surface area contributed by atoms with Crippen molar-refractivity contribution in [2.24, 2.45) is 0 Å². The number of hydrogen-bond donors (Lipinski definition) is 1. The van der Waals surface area contributed by atoms with Gasteiger partial charge >= 0.3 is 5.97 Å². The number of hydrogen-bond acceptors (Lipinski definition) is 5. The lowest BCUT2D eigenvalue weighted by atomic mass is 10.2. The smallest absolute Gasteiger partial charge is 0.313 e. The molecule has 0 radical (unpaired) electrons. The molecule has 8 heteroatoms. The summed E-state index contributed by atoms with van der Waals surface area (Å²) < 4.78 is 17.9. The SMILES string of the molecule is O=C(O)CSCc1nc(-c2ccc(F)cc2Cl)no1. The summed E-state index contributed by atoms with van der Waals surface area (Å²) in [7, 11) is 0. The molecule has 0 aliphatic heterocycles. The molecule has 0 saturated carbocycles. The largest absolute Gasteiger partial charge is 0.481 e. The summed E-state index contributed by atoms with van der Waals surface area (Å²) in [5.74, 6) is -0.578. The third kappa shape index (κ3) is 3.68. The van der Waals surface area contributed by atoms with Crippen molar-refractivity contribution in [1.29, 1.82) is 0 Å². The number of halogens is 2. The van der Waals surface area contributed by atoms with Gasteiger partial charge in [-0.05, 0) is 18.2 Å². The second kappa shape index (κ2) is 6.03. The summed E-state index contributed by atoms with van der Waals surface area (Å²) in [4.78, 5) is 14.4. The van der Waals surface area contributed by atoms with Crippen molar-refractivity contribution >= 4 is 29.3 Å². The van der Waals surface area contributed by atoms with Gasteiger partial charge in [0.15, 0.2) is 0 Å². The molecule has 0 aliphatic carbocycles. The van der Waals surface area contributed by atoms with Gasteiger partial charge in [-0.2, -0.15) is 4.98 Å². The molecule has 0 fully saturated rings. The van der Waals surface area contributed by atoms with E-state index in [0.29, 0.717) is 11.5 Å². The van der Waals surface area contributed by atoms with Crippen LogP contribution in [0.3, 0.4) is 0 Å². The molecule has 19 heavy (non-hydrogen) atoms. The third-order valence-corrected chi connectivity index (χ3v) is 3.31. The van der Waals surface area contributed by atoms with E-state index < -0.39 is 11.8 Å². The molecule has 0 bridgehead atoms. The van der Waals surface area contributed by atoms with Crippen molar-refractivity contribution in [2.45, 2.75) is 5.75 Å². The van der Waals surface area contributed by atoms with Gasteiger partial charge in [-0.1, -0.05) is 16.8 Å². The minimum atomic E-state index is -0.911. The zero-order valence-corrected chi connectivity index (χ0v) is 11.0. The number of aromatic nitrogens is 2. The summed E-state index contributed by atoms with van der Waals surface area (Å²) in [5, 5.41) is 12.4. The van der Waals surface area contributed by atoms with Crippen LogP contribution in [0.1, 0.15) is 5.89 Å². The molecule has 1 heterocycles. The molecule has 5 nitrogen and oxygen atoms in total. The lowest BCUT2D eigenvalue weighted by molar-refractivity contribution is -0.133.